The van der Waals surface area contributed by atoms with Gasteiger partial charge < -0.3 is 10.1 Å². The number of nitrogens with zero attached hydrogens (tertiary/aromatic N) is 3. The van der Waals surface area contributed by atoms with Gasteiger partial charge in [0, 0.05) is 18.6 Å². The highest BCUT2D eigenvalue weighted by Crippen LogP contribution is 2.34. The summed E-state index contributed by atoms with van der Waals surface area (Å²) < 4.78 is 44.6. The van der Waals surface area contributed by atoms with Gasteiger partial charge in [-0.05, 0) is 31.2 Å². The highest BCUT2D eigenvalue weighted by Gasteiger charge is 2.31. The van der Waals surface area contributed by atoms with Crippen molar-refractivity contribution in [2.24, 2.45) is 7.05 Å². The number of carbonyl (C=O) groups is 1. The maximum Gasteiger partial charge on any atom is 0.417 e. The Labute approximate surface area is 163 Å². The summed E-state index contributed by atoms with van der Waals surface area (Å²) in [5, 5.41) is 8.06. The maximum atomic E-state index is 12.8. The fraction of sp³-hybridized carbons (Fsp3) is 0.278. The molecule has 0 fully saturated rings. The van der Waals surface area contributed by atoms with E-state index in [1.54, 1.807) is 36.9 Å². The van der Waals surface area contributed by atoms with Crippen molar-refractivity contribution in [1.82, 2.24) is 14.8 Å². The van der Waals surface area contributed by atoms with Gasteiger partial charge in [-0.3, -0.25) is 4.68 Å². The van der Waals surface area contributed by atoms with Gasteiger partial charge in [-0.1, -0.05) is 11.6 Å². The Morgan fingerprint density at radius 3 is 2.64 bits per heavy atom. The molecule has 0 saturated heterocycles. The van der Waals surface area contributed by atoms with Gasteiger partial charge in [-0.25, -0.2) is 9.78 Å². The lowest BCUT2D eigenvalue weighted by atomic mass is 10.1. The van der Waals surface area contributed by atoms with Crippen LogP contribution in [0.1, 0.15) is 34.6 Å². The Kier molecular flexibility index (Phi) is 5.20. The number of rotatable bonds is 4. The molecule has 0 amide bonds. The highest BCUT2D eigenvalue weighted by molar-refractivity contribution is 6.33. The van der Waals surface area contributed by atoms with E-state index in [9.17, 15) is 18.0 Å². The molecule has 1 atom stereocenters. The fourth-order valence-corrected chi connectivity index (χ4v) is 3.04. The molecule has 1 N–H and O–H groups in total. The zero-order chi connectivity index (χ0) is 20.6. The molecule has 3 aromatic rings. The van der Waals surface area contributed by atoms with Gasteiger partial charge in [0.25, 0.3) is 0 Å². The zero-order valence-corrected chi connectivity index (χ0v) is 15.9. The molecule has 0 aliphatic heterocycles. The Hall–Kier alpha value is -2.81. The van der Waals surface area contributed by atoms with E-state index in [2.05, 4.69) is 15.4 Å². The molecule has 0 spiro atoms. The molecule has 1 aromatic carbocycles. The molecule has 0 radical (unpaired) electrons. The van der Waals surface area contributed by atoms with Crippen molar-refractivity contribution in [3.05, 3.63) is 52.3 Å². The molecule has 1 unspecified atom stereocenters. The number of alkyl halides is 3. The van der Waals surface area contributed by atoms with E-state index >= 15 is 0 Å². The summed E-state index contributed by atoms with van der Waals surface area (Å²) in [6, 6.07) is 5.44. The number of aromatic nitrogens is 3. The molecule has 28 heavy (non-hydrogen) atoms. The van der Waals surface area contributed by atoms with E-state index < -0.39 is 23.8 Å². The first-order valence-corrected chi connectivity index (χ1v) is 8.54. The van der Waals surface area contributed by atoms with Crippen LogP contribution >= 0.6 is 11.6 Å². The van der Waals surface area contributed by atoms with Crippen LogP contribution in [0.2, 0.25) is 5.02 Å². The van der Waals surface area contributed by atoms with E-state index in [0.717, 1.165) is 17.6 Å². The van der Waals surface area contributed by atoms with Crippen LogP contribution in [0, 0.1) is 0 Å². The average Bonchev–Trinajstić information content (AvgIpc) is 2.98. The number of carbonyl (C=O) groups excluding carboxylic acids is 1. The lowest BCUT2D eigenvalue weighted by Gasteiger charge is -2.15. The van der Waals surface area contributed by atoms with Crippen molar-refractivity contribution in [2.75, 3.05) is 12.4 Å². The summed E-state index contributed by atoms with van der Waals surface area (Å²) in [5.41, 5.74) is 0.802. The van der Waals surface area contributed by atoms with Gasteiger partial charge in [-0.2, -0.15) is 18.3 Å². The summed E-state index contributed by atoms with van der Waals surface area (Å²) in [7, 11) is 3.02. The molecular weight excluding hydrogens is 397 g/mol. The quantitative estimate of drug-likeness (QED) is 0.634. The van der Waals surface area contributed by atoms with Gasteiger partial charge in [-0.15, -0.1) is 0 Å². The Bertz CT molecular complexity index is 1050. The van der Waals surface area contributed by atoms with Crippen LogP contribution in [-0.4, -0.2) is 27.8 Å². The monoisotopic (exact) mass is 412 g/mol. The second-order valence-electron chi connectivity index (χ2n) is 6.15. The van der Waals surface area contributed by atoms with E-state index in [-0.39, 0.29) is 10.8 Å². The Morgan fingerprint density at radius 2 is 2.04 bits per heavy atom. The largest absolute Gasteiger partial charge is 0.465 e. The minimum absolute atomic E-state index is 0.118. The third-order valence-corrected chi connectivity index (χ3v) is 4.52. The van der Waals surface area contributed by atoms with Crippen LogP contribution in [0.4, 0.5) is 19.0 Å². The lowest BCUT2D eigenvalue weighted by Crippen LogP contribution is -2.11. The second kappa shape index (κ2) is 7.31. The Balaban J connectivity index is 1.92. The van der Waals surface area contributed by atoms with Crippen LogP contribution < -0.4 is 5.32 Å². The van der Waals surface area contributed by atoms with Crippen LogP contribution in [-0.2, 0) is 18.0 Å². The molecule has 2 aromatic heterocycles. The van der Waals surface area contributed by atoms with Crippen molar-refractivity contribution < 1.29 is 22.7 Å². The topological polar surface area (TPSA) is 69.0 Å². The molecule has 2 heterocycles. The average molecular weight is 413 g/mol. The molecular formula is C18H16ClF3N4O2. The predicted octanol–water partition coefficient (Wildman–Crippen LogP) is 4.60. The number of benzene rings is 1. The smallest absolute Gasteiger partial charge is 0.417 e. The molecule has 10 heteroatoms. The SMILES string of the molecule is COC(=O)c1ccc2c(C(C)Nc3ncc(C(F)(F)F)cc3Cl)nn(C)c2c1. The van der Waals surface area contributed by atoms with Gasteiger partial charge in [0.2, 0.25) is 0 Å². The first-order valence-electron chi connectivity index (χ1n) is 8.16. The third-order valence-electron chi connectivity index (χ3n) is 4.23. The highest BCUT2D eigenvalue weighted by atomic mass is 35.5. The van der Waals surface area contributed by atoms with Crippen molar-refractivity contribution in [3.63, 3.8) is 0 Å². The molecule has 0 aliphatic rings. The standard InChI is InChI=1S/C18H16ClF3N4O2/c1-9(24-16-13(19)7-11(8-23-16)18(20,21)22)15-12-5-4-10(17(27)28-3)6-14(12)26(2)25-15/h4-9H,1-3H3,(H,23,24). The maximum absolute atomic E-state index is 12.8. The predicted molar refractivity (Wildman–Crippen MR) is 98.3 cm³/mol. The number of fused-ring (bicyclic) bond motifs is 1. The number of hydrogen-bond acceptors (Lipinski definition) is 5. The number of methoxy groups -OCH3 is 1. The number of halogens is 4. The third kappa shape index (κ3) is 3.75. The normalized spacial score (nSPS) is 12.8. The van der Waals surface area contributed by atoms with Crippen LogP contribution in [0.3, 0.4) is 0 Å². The number of aryl methyl sites for hydroxylation is 1. The van der Waals surface area contributed by atoms with Gasteiger partial charge in [0.1, 0.15) is 5.82 Å². The fourth-order valence-electron chi connectivity index (χ4n) is 2.82. The minimum atomic E-state index is -4.52. The van der Waals surface area contributed by atoms with E-state index in [1.807, 2.05) is 0 Å². The summed E-state index contributed by atoms with van der Waals surface area (Å²) in [6.45, 7) is 1.78. The Morgan fingerprint density at radius 1 is 1.32 bits per heavy atom. The van der Waals surface area contributed by atoms with Crippen molar-refractivity contribution in [2.45, 2.75) is 19.1 Å². The molecule has 0 bridgehead atoms. The first-order chi connectivity index (χ1) is 13.1. The summed E-state index contributed by atoms with van der Waals surface area (Å²) in [4.78, 5) is 15.5. The van der Waals surface area contributed by atoms with E-state index in [4.69, 9.17) is 16.3 Å². The molecule has 0 aliphatic carbocycles. The van der Waals surface area contributed by atoms with Crippen LogP contribution in [0.25, 0.3) is 10.9 Å². The molecule has 148 valence electrons. The van der Waals surface area contributed by atoms with Crippen LogP contribution in [0.5, 0.6) is 0 Å². The number of nitrogens with one attached hydrogen (secondary N) is 1. The summed E-state index contributed by atoms with van der Waals surface area (Å²) in [5.74, 6) is -0.344. The van der Waals surface area contributed by atoms with Crippen molar-refractivity contribution in [3.8, 4) is 0 Å². The van der Waals surface area contributed by atoms with E-state index in [1.165, 1.54) is 7.11 Å². The van der Waals surface area contributed by atoms with Crippen molar-refractivity contribution >= 4 is 34.3 Å². The summed E-state index contributed by atoms with van der Waals surface area (Å²) in [6.07, 6.45) is -3.80. The molecule has 0 saturated carbocycles. The number of esters is 1. The van der Waals surface area contributed by atoms with Gasteiger partial charge in [0.05, 0.1) is 40.5 Å². The van der Waals surface area contributed by atoms with Gasteiger partial charge in [0.15, 0.2) is 0 Å². The van der Waals surface area contributed by atoms with Gasteiger partial charge >= 0.3 is 12.1 Å². The lowest BCUT2D eigenvalue weighted by molar-refractivity contribution is -0.137. The number of hydrogen-bond donors (Lipinski definition) is 1. The number of anilines is 1. The second-order valence-corrected chi connectivity index (χ2v) is 6.56. The summed E-state index contributed by atoms with van der Waals surface area (Å²) >= 11 is 5.96. The molecule has 3 rings (SSSR count). The minimum Gasteiger partial charge on any atom is -0.465 e. The first kappa shape index (κ1) is 19.9. The number of ether oxygens (including phenoxy) is 1. The molecule has 6 nitrogen and oxygen atoms in total. The number of pyridine rings is 1. The van der Waals surface area contributed by atoms with E-state index in [0.29, 0.717) is 16.8 Å². The zero-order valence-electron chi connectivity index (χ0n) is 15.1. The van der Waals surface area contributed by atoms with Crippen molar-refractivity contribution in [1.29, 1.82) is 0 Å². The van der Waals surface area contributed by atoms with Crippen LogP contribution in [0.15, 0.2) is 30.5 Å².